The van der Waals surface area contributed by atoms with Crippen LogP contribution >= 0.6 is 11.3 Å². The average molecular weight is 375 g/mol. The Labute approximate surface area is 157 Å². The van der Waals surface area contributed by atoms with E-state index in [1.807, 2.05) is 4.90 Å². The second kappa shape index (κ2) is 6.78. The van der Waals surface area contributed by atoms with Crippen molar-refractivity contribution in [1.29, 1.82) is 0 Å². The molecule has 4 rings (SSSR count). The highest BCUT2D eigenvalue weighted by molar-refractivity contribution is 7.18. The van der Waals surface area contributed by atoms with Crippen molar-refractivity contribution in [3.05, 3.63) is 26.6 Å². The predicted molar refractivity (Wildman–Crippen MR) is 104 cm³/mol. The number of carbonyl (C=O) groups excluding carboxylic acids is 1. The van der Waals surface area contributed by atoms with E-state index in [1.54, 1.807) is 18.3 Å². The zero-order valence-electron chi connectivity index (χ0n) is 15.7. The van der Waals surface area contributed by atoms with Crippen LogP contribution in [0.3, 0.4) is 0 Å². The van der Waals surface area contributed by atoms with Gasteiger partial charge in [0.15, 0.2) is 0 Å². The Morgan fingerprint density at radius 2 is 2.04 bits per heavy atom. The lowest BCUT2D eigenvalue weighted by atomic mass is 9.89. The van der Waals surface area contributed by atoms with Gasteiger partial charge in [-0.25, -0.2) is 4.98 Å². The van der Waals surface area contributed by atoms with Crippen molar-refractivity contribution in [2.24, 2.45) is 5.92 Å². The van der Waals surface area contributed by atoms with Gasteiger partial charge >= 0.3 is 0 Å². The number of piperazine rings is 1. The minimum Gasteiger partial charge on any atom is -0.340 e. The molecule has 26 heavy (non-hydrogen) atoms. The van der Waals surface area contributed by atoms with Gasteiger partial charge in [0.2, 0.25) is 5.91 Å². The number of carbonyl (C=O) groups is 1. The summed E-state index contributed by atoms with van der Waals surface area (Å²) in [6.45, 7) is 9.06. The molecule has 1 saturated heterocycles. The van der Waals surface area contributed by atoms with Gasteiger partial charge in [0, 0.05) is 38.0 Å². The Bertz CT molecular complexity index is 895. The summed E-state index contributed by atoms with van der Waals surface area (Å²) in [5, 5.41) is 0.814. The maximum Gasteiger partial charge on any atom is 0.259 e. The molecule has 2 atom stereocenters. The van der Waals surface area contributed by atoms with Crippen molar-refractivity contribution >= 4 is 27.5 Å². The molecule has 0 aromatic carbocycles. The van der Waals surface area contributed by atoms with Crippen LogP contribution in [0, 0.1) is 5.92 Å². The van der Waals surface area contributed by atoms with Gasteiger partial charge in [0.05, 0.1) is 11.4 Å². The van der Waals surface area contributed by atoms with Crippen LogP contribution in [-0.2, 0) is 17.6 Å². The number of thiophene rings is 1. The molecule has 0 spiro atoms. The molecule has 2 aromatic heterocycles. The van der Waals surface area contributed by atoms with Gasteiger partial charge in [-0.15, -0.1) is 11.3 Å². The summed E-state index contributed by atoms with van der Waals surface area (Å²) in [4.78, 5) is 38.6. The van der Waals surface area contributed by atoms with Crippen LogP contribution < -0.4 is 5.56 Å². The summed E-state index contributed by atoms with van der Waals surface area (Å²) in [5.41, 5.74) is 1.23. The molecule has 6 nitrogen and oxygen atoms in total. The van der Waals surface area contributed by atoms with E-state index in [0.29, 0.717) is 5.92 Å². The summed E-state index contributed by atoms with van der Waals surface area (Å²) in [6.07, 6.45) is 3.20. The zero-order valence-corrected chi connectivity index (χ0v) is 16.5. The summed E-state index contributed by atoms with van der Waals surface area (Å²) < 4.78 is 0. The van der Waals surface area contributed by atoms with E-state index in [9.17, 15) is 9.59 Å². The molecule has 1 N–H and O–H groups in total. The number of nitrogens with one attached hydrogen (secondary N) is 1. The van der Waals surface area contributed by atoms with Crippen LogP contribution in [-0.4, -0.2) is 51.9 Å². The van der Waals surface area contributed by atoms with Crippen LogP contribution in [0.5, 0.6) is 0 Å². The average Bonchev–Trinajstić information content (AvgIpc) is 2.98. The summed E-state index contributed by atoms with van der Waals surface area (Å²) >= 11 is 1.70. The molecule has 0 saturated carbocycles. The van der Waals surface area contributed by atoms with E-state index in [1.165, 1.54) is 10.4 Å². The van der Waals surface area contributed by atoms with Gasteiger partial charge in [-0.05, 0) is 37.7 Å². The highest BCUT2D eigenvalue weighted by atomic mass is 32.1. The Kier molecular flexibility index (Phi) is 4.61. The highest BCUT2D eigenvalue weighted by Gasteiger charge is 2.27. The number of aromatic amines is 1. The van der Waals surface area contributed by atoms with E-state index >= 15 is 0 Å². The predicted octanol–water partition coefficient (Wildman–Crippen LogP) is 2.33. The van der Waals surface area contributed by atoms with Crippen LogP contribution in [0.15, 0.2) is 4.79 Å². The number of rotatable bonds is 2. The van der Waals surface area contributed by atoms with Gasteiger partial charge < -0.3 is 9.88 Å². The molecule has 0 unspecified atom stereocenters. The van der Waals surface area contributed by atoms with Gasteiger partial charge in [-0.2, -0.15) is 0 Å². The quantitative estimate of drug-likeness (QED) is 0.876. The Hall–Kier alpha value is -1.73. The summed E-state index contributed by atoms with van der Waals surface area (Å²) in [5.74, 6) is 1.56. The molecule has 1 aliphatic carbocycles. The topological polar surface area (TPSA) is 69.3 Å². The molecule has 140 valence electrons. The maximum atomic E-state index is 12.8. The van der Waals surface area contributed by atoms with Crippen LogP contribution in [0.4, 0.5) is 0 Å². The zero-order chi connectivity index (χ0) is 18.4. The van der Waals surface area contributed by atoms with E-state index in [0.717, 1.165) is 61.5 Å². The fourth-order valence-corrected chi connectivity index (χ4v) is 5.55. The normalized spacial score (nSPS) is 22.4. The Balaban J connectivity index is 1.61. The molecular formula is C19H26N4O2S. The number of fused-ring (bicyclic) bond motifs is 3. The second-order valence-electron chi connectivity index (χ2n) is 7.70. The first-order valence-electron chi connectivity index (χ1n) is 9.48. The first-order valence-corrected chi connectivity index (χ1v) is 10.3. The van der Waals surface area contributed by atoms with Gasteiger partial charge in [0.25, 0.3) is 5.56 Å². The lowest BCUT2D eigenvalue weighted by Gasteiger charge is -2.37. The number of nitrogens with zero attached hydrogens (tertiary/aromatic N) is 3. The van der Waals surface area contributed by atoms with Crippen molar-refractivity contribution in [2.75, 3.05) is 26.2 Å². The first-order chi connectivity index (χ1) is 12.4. The van der Waals surface area contributed by atoms with Crippen molar-refractivity contribution in [3.8, 4) is 0 Å². The number of amides is 1. The first kappa shape index (κ1) is 17.7. The molecular weight excluding hydrogens is 348 g/mol. The molecule has 2 aromatic rings. The largest absolute Gasteiger partial charge is 0.340 e. The second-order valence-corrected chi connectivity index (χ2v) is 8.78. The van der Waals surface area contributed by atoms with Crippen molar-refractivity contribution < 1.29 is 4.79 Å². The molecule has 1 aliphatic heterocycles. The van der Waals surface area contributed by atoms with Crippen LogP contribution in [0.2, 0.25) is 0 Å². The third-order valence-corrected chi connectivity index (χ3v) is 7.04. The monoisotopic (exact) mass is 374 g/mol. The highest BCUT2D eigenvalue weighted by Crippen LogP contribution is 2.36. The summed E-state index contributed by atoms with van der Waals surface area (Å²) in [6, 6.07) is 0.0410. The van der Waals surface area contributed by atoms with Crippen molar-refractivity contribution in [3.63, 3.8) is 0 Å². The minimum atomic E-state index is 0.00581. The van der Waals surface area contributed by atoms with Crippen molar-refractivity contribution in [1.82, 2.24) is 19.8 Å². The minimum absolute atomic E-state index is 0.00581. The van der Waals surface area contributed by atoms with Gasteiger partial charge in [-0.1, -0.05) is 6.92 Å². The van der Waals surface area contributed by atoms with Gasteiger partial charge in [0.1, 0.15) is 10.7 Å². The molecule has 3 heterocycles. The van der Waals surface area contributed by atoms with E-state index < -0.39 is 0 Å². The lowest BCUT2D eigenvalue weighted by Crippen LogP contribution is -2.49. The number of H-pyrrole nitrogens is 1. The van der Waals surface area contributed by atoms with Crippen molar-refractivity contribution in [2.45, 2.75) is 46.1 Å². The molecule has 0 bridgehead atoms. The van der Waals surface area contributed by atoms with Crippen LogP contribution in [0.25, 0.3) is 10.2 Å². The van der Waals surface area contributed by atoms with Crippen LogP contribution in [0.1, 0.15) is 49.5 Å². The smallest absolute Gasteiger partial charge is 0.259 e. The third-order valence-electron chi connectivity index (χ3n) is 5.89. The SMILES string of the molecule is CC(=O)N1CCN([C@H](C)c2nc3sc4c(c3c(=O)[nH]2)CC[C@H](C)C4)CC1. The molecule has 1 fully saturated rings. The third kappa shape index (κ3) is 3.07. The van der Waals surface area contributed by atoms with E-state index in [4.69, 9.17) is 4.98 Å². The molecule has 2 aliphatic rings. The number of hydrogen-bond donors (Lipinski definition) is 1. The fourth-order valence-electron chi connectivity index (χ4n) is 4.16. The maximum absolute atomic E-state index is 12.8. The number of hydrogen-bond acceptors (Lipinski definition) is 5. The standard InChI is InChI=1S/C19H26N4O2S/c1-11-4-5-14-15(10-11)26-19-16(14)18(25)20-17(21-19)12(2)22-6-8-23(9-7-22)13(3)24/h11-12H,4-10H2,1-3H3,(H,20,21,25)/t11-,12+/m0/s1. The summed E-state index contributed by atoms with van der Waals surface area (Å²) in [7, 11) is 0. The fraction of sp³-hybridized carbons (Fsp3) is 0.632. The number of aromatic nitrogens is 2. The Morgan fingerprint density at radius 3 is 2.73 bits per heavy atom. The lowest BCUT2D eigenvalue weighted by molar-refractivity contribution is -0.130. The Morgan fingerprint density at radius 1 is 1.31 bits per heavy atom. The molecule has 0 radical (unpaired) electrons. The molecule has 1 amide bonds. The molecule has 7 heteroatoms. The number of aryl methyl sites for hydroxylation is 1. The van der Waals surface area contributed by atoms with E-state index in [2.05, 4.69) is 23.7 Å². The van der Waals surface area contributed by atoms with Gasteiger partial charge in [-0.3, -0.25) is 14.5 Å². The van der Waals surface area contributed by atoms with E-state index in [-0.39, 0.29) is 17.5 Å².